The molecule has 2 aliphatic rings. The van der Waals surface area contributed by atoms with Crippen molar-refractivity contribution in [2.24, 2.45) is 4.99 Å². The Balaban J connectivity index is 1.79. The van der Waals surface area contributed by atoms with Gasteiger partial charge in [0.05, 0.1) is 17.7 Å². The Morgan fingerprint density at radius 1 is 1.13 bits per heavy atom. The third-order valence-corrected chi connectivity index (χ3v) is 5.55. The first-order chi connectivity index (χ1) is 14.3. The Bertz CT molecular complexity index is 1050. The minimum Gasteiger partial charge on any atom is -0.494 e. The number of nitrogens with zero attached hydrogens (tertiary/aromatic N) is 4. The minimum absolute atomic E-state index is 0.121. The number of ether oxygens (including phenoxy) is 1. The summed E-state index contributed by atoms with van der Waals surface area (Å²) in [5, 5.41) is 11.2. The van der Waals surface area contributed by atoms with Crippen LogP contribution in [0.3, 0.4) is 0 Å². The number of fused-ring (bicyclic) bond motifs is 1. The van der Waals surface area contributed by atoms with E-state index in [1.807, 2.05) is 18.3 Å². The molecule has 156 valence electrons. The molecule has 0 fully saturated rings. The zero-order chi connectivity index (χ0) is 21.5. The molecule has 0 radical (unpaired) electrons. The van der Waals surface area contributed by atoms with Crippen molar-refractivity contribution in [3.05, 3.63) is 69.4 Å². The maximum atomic E-state index is 11.2. The number of rotatable bonds is 4. The number of aliphatic imine (C=N–C) groups is 1. The van der Waals surface area contributed by atoms with E-state index >= 15 is 0 Å². The van der Waals surface area contributed by atoms with Gasteiger partial charge in [0, 0.05) is 48.9 Å². The van der Waals surface area contributed by atoms with Crippen molar-refractivity contribution in [1.29, 1.82) is 0 Å². The molecule has 0 aliphatic carbocycles. The Kier molecular flexibility index (Phi) is 4.97. The van der Waals surface area contributed by atoms with Gasteiger partial charge in [-0.2, -0.15) is 0 Å². The van der Waals surface area contributed by atoms with Crippen LogP contribution in [0, 0.1) is 10.1 Å². The molecule has 2 aromatic rings. The molecule has 7 heteroatoms. The van der Waals surface area contributed by atoms with E-state index in [1.54, 1.807) is 25.5 Å². The molecule has 0 saturated carbocycles. The van der Waals surface area contributed by atoms with Crippen LogP contribution < -0.4 is 14.5 Å². The number of benzene rings is 2. The average molecular weight is 406 g/mol. The summed E-state index contributed by atoms with van der Waals surface area (Å²) in [7, 11) is 1.70. The Hall–Kier alpha value is -3.35. The molecule has 0 bridgehead atoms. The van der Waals surface area contributed by atoms with E-state index < -0.39 is 0 Å². The molecule has 0 spiro atoms. The standard InChI is InChI=1S/C23H26N4O3/c1-23(2,3)20-11-19(25-9-5-8-24-15-25)12-21(22(20)30-4)26-13-16-6-7-18(27(28)29)10-17(16)14-26/h5-12H,13-15H2,1-4H3. The Labute approximate surface area is 176 Å². The molecule has 0 saturated heterocycles. The van der Waals surface area contributed by atoms with Crippen molar-refractivity contribution in [1.82, 2.24) is 0 Å². The van der Waals surface area contributed by atoms with E-state index in [4.69, 9.17) is 4.74 Å². The molecular formula is C23H26N4O3. The quantitative estimate of drug-likeness (QED) is 0.540. The Morgan fingerprint density at radius 2 is 1.90 bits per heavy atom. The summed E-state index contributed by atoms with van der Waals surface area (Å²) in [5.41, 5.74) is 5.24. The highest BCUT2D eigenvalue weighted by molar-refractivity contribution is 5.77. The summed E-state index contributed by atoms with van der Waals surface area (Å²) < 4.78 is 5.90. The lowest BCUT2D eigenvalue weighted by Crippen LogP contribution is -2.23. The minimum atomic E-state index is -0.342. The molecular weight excluding hydrogens is 380 g/mol. The molecule has 0 atom stereocenters. The highest BCUT2D eigenvalue weighted by Gasteiger charge is 2.29. The van der Waals surface area contributed by atoms with Crippen LogP contribution in [-0.4, -0.2) is 24.9 Å². The first kappa shape index (κ1) is 19.9. The van der Waals surface area contributed by atoms with Gasteiger partial charge in [0.15, 0.2) is 0 Å². The highest BCUT2D eigenvalue weighted by Crippen LogP contribution is 2.45. The third kappa shape index (κ3) is 3.63. The summed E-state index contributed by atoms with van der Waals surface area (Å²) in [5.74, 6) is 0.845. The zero-order valence-corrected chi connectivity index (χ0v) is 17.8. The predicted molar refractivity (Wildman–Crippen MR) is 120 cm³/mol. The molecule has 30 heavy (non-hydrogen) atoms. The van der Waals surface area contributed by atoms with Crippen LogP contribution in [0.15, 0.2) is 47.6 Å². The van der Waals surface area contributed by atoms with E-state index in [0.29, 0.717) is 19.8 Å². The van der Waals surface area contributed by atoms with Crippen LogP contribution in [0.5, 0.6) is 5.75 Å². The van der Waals surface area contributed by atoms with Gasteiger partial charge in [0.2, 0.25) is 0 Å². The van der Waals surface area contributed by atoms with Crippen molar-refractivity contribution in [3.8, 4) is 5.75 Å². The molecule has 0 unspecified atom stereocenters. The van der Waals surface area contributed by atoms with Crippen molar-refractivity contribution in [2.75, 3.05) is 23.6 Å². The van der Waals surface area contributed by atoms with Crippen molar-refractivity contribution < 1.29 is 9.66 Å². The van der Waals surface area contributed by atoms with E-state index in [1.165, 1.54) is 0 Å². The smallest absolute Gasteiger partial charge is 0.269 e. The summed E-state index contributed by atoms with van der Waals surface area (Å²) >= 11 is 0. The number of nitro groups is 1. The van der Waals surface area contributed by atoms with Crippen LogP contribution in [0.1, 0.15) is 37.5 Å². The lowest BCUT2D eigenvalue weighted by molar-refractivity contribution is -0.384. The molecule has 2 aromatic carbocycles. The molecule has 0 aromatic heterocycles. The van der Waals surface area contributed by atoms with Crippen LogP contribution >= 0.6 is 0 Å². The fourth-order valence-electron chi connectivity index (χ4n) is 3.99. The van der Waals surface area contributed by atoms with Crippen molar-refractivity contribution in [2.45, 2.75) is 39.3 Å². The molecule has 2 heterocycles. The number of methoxy groups -OCH3 is 1. The van der Waals surface area contributed by atoms with E-state index in [9.17, 15) is 10.1 Å². The topological polar surface area (TPSA) is 71.2 Å². The summed E-state index contributed by atoms with van der Waals surface area (Å²) in [6, 6.07) is 9.41. The first-order valence-corrected chi connectivity index (χ1v) is 9.95. The highest BCUT2D eigenvalue weighted by atomic mass is 16.6. The predicted octanol–water partition coefficient (Wildman–Crippen LogP) is 4.78. The molecule has 2 aliphatic heterocycles. The average Bonchev–Trinajstić information content (AvgIpc) is 3.16. The van der Waals surface area contributed by atoms with Gasteiger partial charge in [0.25, 0.3) is 5.69 Å². The lowest BCUT2D eigenvalue weighted by atomic mass is 9.85. The number of hydrogen-bond donors (Lipinski definition) is 0. The van der Waals surface area contributed by atoms with Gasteiger partial charge in [-0.1, -0.05) is 26.8 Å². The van der Waals surface area contributed by atoms with E-state index in [2.05, 4.69) is 47.7 Å². The maximum absolute atomic E-state index is 11.2. The lowest BCUT2D eigenvalue weighted by Gasteiger charge is -2.31. The summed E-state index contributed by atoms with van der Waals surface area (Å²) in [6.45, 7) is 8.37. The van der Waals surface area contributed by atoms with Crippen LogP contribution in [0.4, 0.5) is 17.1 Å². The van der Waals surface area contributed by atoms with Gasteiger partial charge in [0.1, 0.15) is 12.4 Å². The molecule has 4 rings (SSSR count). The molecule has 7 nitrogen and oxygen atoms in total. The van der Waals surface area contributed by atoms with Crippen LogP contribution in [0.2, 0.25) is 0 Å². The first-order valence-electron chi connectivity index (χ1n) is 9.95. The van der Waals surface area contributed by atoms with E-state index in [0.717, 1.165) is 33.8 Å². The van der Waals surface area contributed by atoms with Gasteiger partial charge >= 0.3 is 0 Å². The Morgan fingerprint density at radius 3 is 2.53 bits per heavy atom. The second-order valence-electron chi connectivity index (χ2n) is 8.65. The number of non-ortho nitro benzene ring substituents is 1. The molecule has 0 amide bonds. The summed E-state index contributed by atoms with van der Waals surface area (Å²) in [4.78, 5) is 19.5. The number of allylic oxidation sites excluding steroid dienone is 1. The van der Waals surface area contributed by atoms with Crippen LogP contribution in [0.25, 0.3) is 0 Å². The van der Waals surface area contributed by atoms with Gasteiger partial charge in [-0.05, 0) is 34.8 Å². The fraction of sp³-hybridized carbons (Fsp3) is 0.348. The molecule has 0 N–H and O–H groups in total. The zero-order valence-electron chi connectivity index (χ0n) is 17.8. The normalized spacial score (nSPS) is 15.5. The largest absolute Gasteiger partial charge is 0.494 e. The van der Waals surface area contributed by atoms with Gasteiger partial charge in [-0.3, -0.25) is 15.1 Å². The van der Waals surface area contributed by atoms with E-state index in [-0.39, 0.29) is 16.0 Å². The maximum Gasteiger partial charge on any atom is 0.269 e. The third-order valence-electron chi connectivity index (χ3n) is 5.55. The van der Waals surface area contributed by atoms with Gasteiger partial charge in [-0.15, -0.1) is 0 Å². The van der Waals surface area contributed by atoms with Crippen molar-refractivity contribution in [3.63, 3.8) is 0 Å². The SMILES string of the molecule is COc1c(N2Cc3ccc([N+](=O)[O-])cc3C2)cc(N2C=CC=NC2)cc1C(C)(C)C. The number of hydrogen-bond acceptors (Lipinski definition) is 6. The second kappa shape index (κ2) is 7.48. The second-order valence-corrected chi connectivity index (χ2v) is 8.65. The van der Waals surface area contributed by atoms with Crippen LogP contribution in [-0.2, 0) is 18.5 Å². The summed E-state index contributed by atoms with van der Waals surface area (Å²) in [6.07, 6.45) is 5.75. The monoisotopic (exact) mass is 406 g/mol. The van der Waals surface area contributed by atoms with Gasteiger partial charge in [-0.25, -0.2) is 0 Å². The van der Waals surface area contributed by atoms with Crippen molar-refractivity contribution >= 4 is 23.3 Å². The van der Waals surface area contributed by atoms with Gasteiger partial charge < -0.3 is 14.5 Å². The number of nitro benzene ring substituents is 1. The fourth-order valence-corrected chi connectivity index (χ4v) is 3.99. The number of anilines is 2.